The first-order valence-corrected chi connectivity index (χ1v) is 9.96. The lowest BCUT2D eigenvalue weighted by Crippen LogP contribution is -2.37. The minimum atomic E-state index is -0.0563. The summed E-state index contributed by atoms with van der Waals surface area (Å²) in [6, 6.07) is 7.75. The Kier molecular flexibility index (Phi) is 4.74. The lowest BCUT2D eigenvalue weighted by molar-refractivity contribution is -0.121. The molecule has 5 nitrogen and oxygen atoms in total. The third-order valence-corrected chi connectivity index (χ3v) is 5.72. The Morgan fingerprint density at radius 2 is 2.19 bits per heavy atom. The van der Waals surface area contributed by atoms with Gasteiger partial charge in [0.1, 0.15) is 0 Å². The first kappa shape index (κ1) is 17.8. The number of aromatic nitrogens is 3. The third kappa shape index (κ3) is 4.06. The van der Waals surface area contributed by atoms with Crippen LogP contribution in [0, 0.1) is 5.41 Å². The zero-order valence-corrected chi connectivity index (χ0v) is 16.3. The fraction of sp³-hybridized carbons (Fsp3) is 0.333. The molecule has 0 radical (unpaired) electrons. The van der Waals surface area contributed by atoms with Crippen LogP contribution in [0.25, 0.3) is 11.4 Å². The van der Waals surface area contributed by atoms with Gasteiger partial charge in [-0.2, -0.15) is 0 Å². The zero-order chi connectivity index (χ0) is 18.9. The van der Waals surface area contributed by atoms with Gasteiger partial charge < -0.3 is 5.32 Å². The van der Waals surface area contributed by atoms with Gasteiger partial charge >= 0.3 is 0 Å². The van der Waals surface area contributed by atoms with Crippen molar-refractivity contribution in [3.63, 3.8) is 0 Å². The average Bonchev–Trinajstić information content (AvgIpc) is 3.14. The topological polar surface area (TPSA) is 67.8 Å². The summed E-state index contributed by atoms with van der Waals surface area (Å²) < 4.78 is 0. The number of nitrogens with zero attached hydrogens (tertiary/aromatic N) is 3. The number of rotatable bonds is 4. The maximum atomic E-state index is 12.5. The van der Waals surface area contributed by atoms with Crippen molar-refractivity contribution in [1.82, 2.24) is 20.3 Å². The normalized spacial score (nSPS) is 17.9. The smallest absolute Gasteiger partial charge is 0.225 e. The minimum absolute atomic E-state index is 0.0439. The van der Waals surface area contributed by atoms with Crippen molar-refractivity contribution in [2.75, 3.05) is 0 Å². The Balaban J connectivity index is 1.60. The van der Waals surface area contributed by atoms with Gasteiger partial charge in [0, 0.05) is 34.6 Å². The molecule has 1 N–H and O–H groups in total. The molecule has 138 valence electrons. The number of carbonyl (C=O) groups excluding carboxylic acids is 1. The highest BCUT2D eigenvalue weighted by atomic mass is 32.1. The van der Waals surface area contributed by atoms with Gasteiger partial charge in [-0.3, -0.25) is 9.78 Å². The number of nitrogens with one attached hydrogen (secondary N) is 1. The van der Waals surface area contributed by atoms with Crippen molar-refractivity contribution in [3.8, 4) is 11.4 Å². The maximum absolute atomic E-state index is 12.5. The molecular weight excluding hydrogens is 356 g/mol. The molecule has 4 rings (SSSR count). The predicted octanol–water partition coefficient (Wildman–Crippen LogP) is 3.97. The van der Waals surface area contributed by atoms with Crippen LogP contribution in [-0.4, -0.2) is 20.9 Å². The quantitative estimate of drug-likeness (QED) is 0.746. The summed E-state index contributed by atoms with van der Waals surface area (Å²) in [4.78, 5) is 27.1. The largest absolute Gasteiger partial charge is 0.349 e. The summed E-state index contributed by atoms with van der Waals surface area (Å²) in [5, 5.41) is 5.20. The van der Waals surface area contributed by atoms with Crippen molar-refractivity contribution in [2.45, 2.75) is 39.2 Å². The second-order valence-electron chi connectivity index (χ2n) is 7.76. The van der Waals surface area contributed by atoms with E-state index in [0.29, 0.717) is 12.2 Å². The molecule has 1 aliphatic carbocycles. The van der Waals surface area contributed by atoms with Crippen molar-refractivity contribution >= 4 is 17.2 Å². The SMILES string of the molecule is CC1(C)Cc2nc(-c3cccnc3)ncc2[C@H](NC(=O)Cc2cccs2)C1. The van der Waals surface area contributed by atoms with Crippen LogP contribution >= 0.6 is 11.3 Å². The van der Waals surface area contributed by atoms with E-state index in [0.717, 1.165) is 34.5 Å². The number of amides is 1. The standard InChI is InChI=1S/C21H22N4OS/c1-21(2)10-17(24-19(26)9-15-6-4-8-27-15)16-13-23-20(25-18(16)11-21)14-5-3-7-22-12-14/h3-8,12-13,17H,9-11H2,1-2H3,(H,24,26)/t17-/m1/s1. The number of carbonyl (C=O) groups is 1. The van der Waals surface area contributed by atoms with Crippen molar-refractivity contribution in [1.29, 1.82) is 0 Å². The Labute approximate surface area is 162 Å². The highest BCUT2D eigenvalue weighted by Gasteiger charge is 2.34. The van der Waals surface area contributed by atoms with Crippen LogP contribution in [-0.2, 0) is 17.6 Å². The number of hydrogen-bond acceptors (Lipinski definition) is 5. The van der Waals surface area contributed by atoms with Gasteiger partial charge in [0.25, 0.3) is 0 Å². The average molecular weight is 379 g/mol. The Bertz CT molecular complexity index is 938. The van der Waals surface area contributed by atoms with Crippen LogP contribution in [0.1, 0.15) is 42.4 Å². The van der Waals surface area contributed by atoms with E-state index in [2.05, 4.69) is 29.1 Å². The molecule has 3 aromatic heterocycles. The predicted molar refractivity (Wildman–Crippen MR) is 106 cm³/mol. The molecule has 0 fully saturated rings. The fourth-order valence-corrected chi connectivity index (χ4v) is 4.33. The van der Waals surface area contributed by atoms with Crippen LogP contribution in [0.4, 0.5) is 0 Å². The Morgan fingerprint density at radius 1 is 1.30 bits per heavy atom. The molecule has 0 aromatic carbocycles. The van der Waals surface area contributed by atoms with Gasteiger partial charge in [-0.25, -0.2) is 9.97 Å². The molecule has 3 aromatic rings. The zero-order valence-electron chi connectivity index (χ0n) is 15.5. The van der Waals surface area contributed by atoms with E-state index < -0.39 is 0 Å². The molecule has 0 spiro atoms. The summed E-state index contributed by atoms with van der Waals surface area (Å²) in [7, 11) is 0. The van der Waals surface area contributed by atoms with Crippen LogP contribution in [0.3, 0.4) is 0 Å². The van der Waals surface area contributed by atoms with E-state index >= 15 is 0 Å². The molecule has 0 bridgehead atoms. The number of hydrogen-bond donors (Lipinski definition) is 1. The third-order valence-electron chi connectivity index (χ3n) is 4.85. The molecule has 6 heteroatoms. The van der Waals surface area contributed by atoms with Crippen LogP contribution in [0.2, 0.25) is 0 Å². The van der Waals surface area contributed by atoms with Crippen molar-refractivity contribution in [2.24, 2.45) is 5.41 Å². The van der Waals surface area contributed by atoms with Gasteiger partial charge in [-0.15, -0.1) is 11.3 Å². The number of thiophene rings is 1. The highest BCUT2D eigenvalue weighted by Crippen LogP contribution is 2.40. The number of pyridine rings is 1. The minimum Gasteiger partial charge on any atom is -0.349 e. The van der Waals surface area contributed by atoms with E-state index in [1.807, 2.05) is 35.8 Å². The second kappa shape index (κ2) is 7.19. The summed E-state index contributed by atoms with van der Waals surface area (Å²) in [6.07, 6.45) is 7.55. The van der Waals surface area contributed by atoms with Crippen molar-refractivity contribution < 1.29 is 4.79 Å². The van der Waals surface area contributed by atoms with Crippen LogP contribution < -0.4 is 5.32 Å². The van der Waals surface area contributed by atoms with Crippen LogP contribution in [0.15, 0.2) is 48.2 Å². The molecule has 0 unspecified atom stereocenters. The van der Waals surface area contributed by atoms with E-state index in [-0.39, 0.29) is 17.4 Å². The van der Waals surface area contributed by atoms with Gasteiger partial charge in [0.05, 0.1) is 18.2 Å². The molecule has 0 saturated carbocycles. The summed E-state index contributed by atoms with van der Waals surface area (Å²) in [5.74, 6) is 0.727. The molecule has 1 aliphatic rings. The molecule has 1 amide bonds. The van der Waals surface area contributed by atoms with E-state index in [4.69, 9.17) is 4.98 Å². The monoisotopic (exact) mass is 378 g/mol. The summed E-state index contributed by atoms with van der Waals surface area (Å²) >= 11 is 1.61. The van der Waals surface area contributed by atoms with Crippen LogP contribution in [0.5, 0.6) is 0 Å². The second-order valence-corrected chi connectivity index (χ2v) is 8.79. The molecule has 1 atom stereocenters. The maximum Gasteiger partial charge on any atom is 0.225 e. The van der Waals surface area contributed by atoms with Crippen molar-refractivity contribution in [3.05, 3.63) is 64.4 Å². The first-order chi connectivity index (χ1) is 13.0. The first-order valence-electron chi connectivity index (χ1n) is 9.08. The van der Waals surface area contributed by atoms with E-state index in [1.165, 1.54) is 0 Å². The molecule has 27 heavy (non-hydrogen) atoms. The molecule has 0 saturated heterocycles. The fourth-order valence-electron chi connectivity index (χ4n) is 3.63. The highest BCUT2D eigenvalue weighted by molar-refractivity contribution is 7.10. The van der Waals surface area contributed by atoms with Gasteiger partial charge in [0.15, 0.2) is 5.82 Å². The van der Waals surface area contributed by atoms with E-state index in [9.17, 15) is 4.79 Å². The van der Waals surface area contributed by atoms with E-state index in [1.54, 1.807) is 23.7 Å². The molecule has 3 heterocycles. The summed E-state index contributed by atoms with van der Waals surface area (Å²) in [6.45, 7) is 4.44. The van der Waals surface area contributed by atoms with Gasteiger partial charge in [-0.05, 0) is 41.8 Å². The summed E-state index contributed by atoms with van der Waals surface area (Å²) in [5.41, 5.74) is 3.01. The van der Waals surface area contributed by atoms with Gasteiger partial charge in [-0.1, -0.05) is 19.9 Å². The van der Waals surface area contributed by atoms with Gasteiger partial charge in [0.2, 0.25) is 5.91 Å². The lowest BCUT2D eigenvalue weighted by atomic mass is 9.74. The Hall–Kier alpha value is -2.60. The molecule has 0 aliphatic heterocycles. The number of fused-ring (bicyclic) bond motifs is 1. The lowest BCUT2D eigenvalue weighted by Gasteiger charge is -2.36. The molecular formula is C21H22N4OS. The Morgan fingerprint density at radius 3 is 2.93 bits per heavy atom.